The lowest BCUT2D eigenvalue weighted by Gasteiger charge is -2.25. The Kier molecular flexibility index (Phi) is 11.7. The Morgan fingerprint density at radius 3 is 2.11 bits per heavy atom. The van der Waals surface area contributed by atoms with E-state index < -0.39 is 31.5 Å². The van der Waals surface area contributed by atoms with Crippen molar-refractivity contribution in [2.24, 2.45) is 5.73 Å². The largest absolute Gasteiger partial charge is 0.499 e. The summed E-state index contributed by atoms with van der Waals surface area (Å²) < 4.78 is 42.0. The molecule has 0 spiro atoms. The summed E-state index contributed by atoms with van der Waals surface area (Å²) in [7, 11) is -0.877. The van der Waals surface area contributed by atoms with Gasteiger partial charge in [-0.1, -0.05) is 28.1 Å². The van der Waals surface area contributed by atoms with E-state index in [0.717, 1.165) is 38.0 Å². The highest BCUT2D eigenvalue weighted by Gasteiger charge is 2.47. The van der Waals surface area contributed by atoms with Crippen LogP contribution in [-0.4, -0.2) is 63.4 Å². The predicted molar refractivity (Wildman–Crippen MR) is 178 cm³/mol. The van der Waals surface area contributed by atoms with Crippen molar-refractivity contribution >= 4 is 72.0 Å². The van der Waals surface area contributed by atoms with Gasteiger partial charge in [-0.05, 0) is 77.8 Å². The summed E-state index contributed by atoms with van der Waals surface area (Å²) in [5.41, 5.74) is 8.33. The highest BCUT2D eigenvalue weighted by Crippen LogP contribution is 2.37. The first kappa shape index (κ1) is 36.8. The number of nitrogens with one attached hydrogen (secondary N) is 1. The molecule has 0 radical (unpaired) electrons. The number of alkyl carbamates (subject to hydrolysis) is 1. The van der Waals surface area contributed by atoms with Gasteiger partial charge in [0.25, 0.3) is 0 Å². The maximum atomic E-state index is 11.9. The lowest BCUT2D eigenvalue weighted by molar-refractivity contribution is 0.0250. The molecule has 4 heterocycles. The van der Waals surface area contributed by atoms with E-state index in [1.165, 1.54) is 0 Å². The van der Waals surface area contributed by atoms with Crippen LogP contribution in [0.25, 0.3) is 0 Å². The summed E-state index contributed by atoms with van der Waals surface area (Å²) in [5, 5.41) is 2.76. The SMILES string of the molecule is CC(C)(C)OC(=O)NC[C@H]1OB2OC(C)(C)COc3cccc1c32.CC1(C)COc2ccc(Br)c3c2B(O[C@@H]3CN)O1.Cl.Cl. The van der Waals surface area contributed by atoms with Crippen LogP contribution in [0, 0.1) is 0 Å². The molecule has 3 N–H and O–H groups in total. The van der Waals surface area contributed by atoms with E-state index in [0.29, 0.717) is 26.3 Å². The Bertz CT molecular complexity index is 1350. The first-order chi connectivity index (χ1) is 19.7. The number of hydrogen-bond donors (Lipinski definition) is 2. The number of benzene rings is 2. The molecule has 0 aliphatic carbocycles. The van der Waals surface area contributed by atoms with E-state index in [4.69, 9.17) is 38.6 Å². The van der Waals surface area contributed by atoms with Gasteiger partial charge in [-0.2, -0.15) is 0 Å². The van der Waals surface area contributed by atoms with E-state index in [2.05, 4.69) is 21.2 Å². The van der Waals surface area contributed by atoms with Gasteiger partial charge < -0.3 is 43.9 Å². The summed E-state index contributed by atoms with van der Waals surface area (Å²) in [6, 6.07) is 9.75. The van der Waals surface area contributed by atoms with E-state index in [9.17, 15) is 4.79 Å². The number of halogens is 3. The monoisotopic (exact) mass is 716 g/mol. The molecule has 242 valence electrons. The molecule has 10 nitrogen and oxygen atoms in total. The number of hydrogen-bond acceptors (Lipinski definition) is 9. The van der Waals surface area contributed by atoms with Gasteiger partial charge in [-0.15, -0.1) is 24.8 Å². The second-order valence-electron chi connectivity index (χ2n) is 13.0. The van der Waals surface area contributed by atoms with Crippen molar-refractivity contribution in [1.82, 2.24) is 5.32 Å². The number of nitrogens with two attached hydrogens (primary N) is 1. The minimum Gasteiger partial charge on any atom is -0.491 e. The molecule has 0 saturated heterocycles. The van der Waals surface area contributed by atoms with Crippen molar-refractivity contribution in [3.05, 3.63) is 45.9 Å². The fourth-order valence-electron chi connectivity index (χ4n) is 5.23. The third kappa shape index (κ3) is 8.17. The topological polar surface area (TPSA) is 120 Å². The van der Waals surface area contributed by atoms with Gasteiger partial charge in [0.2, 0.25) is 0 Å². The Morgan fingerprint density at radius 1 is 0.955 bits per heavy atom. The fourth-order valence-corrected chi connectivity index (χ4v) is 5.83. The molecule has 0 unspecified atom stereocenters. The van der Waals surface area contributed by atoms with Gasteiger partial charge in [0.05, 0.1) is 23.4 Å². The van der Waals surface area contributed by atoms with Crippen LogP contribution in [0.3, 0.4) is 0 Å². The molecule has 0 saturated carbocycles. The zero-order valence-electron chi connectivity index (χ0n) is 26.1. The normalized spacial score (nSPS) is 21.8. The van der Waals surface area contributed by atoms with Gasteiger partial charge in [0.15, 0.2) is 0 Å². The molecular formula is C29H41B2BrCl2N2O8. The Labute approximate surface area is 280 Å². The quantitative estimate of drug-likeness (QED) is 0.447. The first-order valence-corrected chi connectivity index (χ1v) is 15.0. The van der Waals surface area contributed by atoms with Gasteiger partial charge in [0, 0.05) is 28.5 Å². The number of rotatable bonds is 3. The van der Waals surface area contributed by atoms with Crippen molar-refractivity contribution in [1.29, 1.82) is 0 Å². The minimum atomic E-state index is -0.532. The van der Waals surface area contributed by atoms with E-state index in [1.54, 1.807) is 0 Å². The molecule has 2 aromatic rings. The number of carbonyl (C=O) groups excluding carboxylic acids is 1. The molecule has 0 fully saturated rings. The van der Waals surface area contributed by atoms with Gasteiger partial charge in [-0.3, -0.25) is 0 Å². The summed E-state index contributed by atoms with van der Waals surface area (Å²) in [6.45, 7) is 15.1. The van der Waals surface area contributed by atoms with Crippen LogP contribution in [0.15, 0.2) is 34.8 Å². The van der Waals surface area contributed by atoms with E-state index >= 15 is 0 Å². The van der Waals surface area contributed by atoms with Crippen molar-refractivity contribution in [2.45, 2.75) is 77.5 Å². The van der Waals surface area contributed by atoms with Crippen molar-refractivity contribution in [3.63, 3.8) is 0 Å². The average Bonchev–Trinajstić information content (AvgIpc) is 3.35. The van der Waals surface area contributed by atoms with Gasteiger partial charge in [-0.25, -0.2) is 4.79 Å². The maximum absolute atomic E-state index is 11.9. The molecule has 2 aromatic carbocycles. The third-order valence-electron chi connectivity index (χ3n) is 7.06. The molecule has 1 amide bonds. The standard InChI is InChI=1S/C17H24BNO5.C12H15BBrNO3.2ClH/c1-16(2,3)22-15(20)19-9-13-11-7-6-8-12-14(11)18(23-13)24-17(4,5)10-21-12;1-12(2)6-16-8-4-3-7(14)10-9(5-15)17-13(18-12)11(8)10;;/h6-8,13H,9-10H2,1-5H3,(H,19,20);3-4,9H,5-6,15H2,1-2H3;2*1H/t13-;9-;;/m11../s1. The van der Waals surface area contributed by atoms with Crippen LogP contribution in [-0.2, 0) is 23.4 Å². The Balaban J connectivity index is 0.000000238. The molecule has 0 bridgehead atoms. The molecule has 6 rings (SSSR count). The smallest absolute Gasteiger partial charge is 0.491 e. The minimum absolute atomic E-state index is 0. The lowest BCUT2D eigenvalue weighted by atomic mass is 9.77. The summed E-state index contributed by atoms with van der Waals surface area (Å²) >= 11 is 3.55. The molecule has 2 atom stereocenters. The van der Waals surface area contributed by atoms with Crippen molar-refractivity contribution < 1.29 is 37.6 Å². The van der Waals surface area contributed by atoms with Crippen molar-refractivity contribution in [2.75, 3.05) is 26.3 Å². The second-order valence-corrected chi connectivity index (χ2v) is 13.9. The number of ether oxygens (including phenoxy) is 3. The summed E-state index contributed by atoms with van der Waals surface area (Å²) in [4.78, 5) is 11.9. The molecular weight excluding hydrogens is 677 g/mol. The van der Waals surface area contributed by atoms with Gasteiger partial charge in [0.1, 0.15) is 30.3 Å². The van der Waals surface area contributed by atoms with Crippen molar-refractivity contribution in [3.8, 4) is 11.5 Å². The molecule has 4 aliphatic heterocycles. The zero-order valence-corrected chi connectivity index (χ0v) is 29.3. The third-order valence-corrected chi connectivity index (χ3v) is 7.75. The second kappa shape index (κ2) is 14.0. The maximum Gasteiger partial charge on any atom is 0.499 e. The van der Waals surface area contributed by atoms with Crippen LogP contribution < -0.4 is 31.4 Å². The van der Waals surface area contributed by atoms with Crippen LogP contribution in [0.4, 0.5) is 4.79 Å². The average molecular weight is 718 g/mol. The van der Waals surface area contributed by atoms with Crippen LogP contribution in [0.5, 0.6) is 11.5 Å². The first-order valence-electron chi connectivity index (χ1n) is 14.2. The number of amides is 1. The molecule has 4 aliphatic rings. The van der Waals surface area contributed by atoms with E-state index in [1.807, 2.05) is 78.8 Å². The number of carbonyl (C=O) groups is 1. The van der Waals surface area contributed by atoms with Crippen LogP contribution in [0.2, 0.25) is 0 Å². The van der Waals surface area contributed by atoms with E-state index in [-0.39, 0.29) is 42.6 Å². The highest BCUT2D eigenvalue weighted by molar-refractivity contribution is 9.10. The predicted octanol–water partition coefficient (Wildman–Crippen LogP) is 4.37. The van der Waals surface area contributed by atoms with Crippen LogP contribution in [0.1, 0.15) is 71.8 Å². The fraction of sp³-hybridized carbons (Fsp3) is 0.552. The van der Waals surface area contributed by atoms with Gasteiger partial charge >= 0.3 is 20.3 Å². The summed E-state index contributed by atoms with van der Waals surface area (Å²) in [6.07, 6.45) is -0.899. The Morgan fingerprint density at radius 2 is 1.52 bits per heavy atom. The zero-order chi connectivity index (χ0) is 30.4. The molecule has 15 heteroatoms. The lowest BCUT2D eigenvalue weighted by Crippen LogP contribution is -2.41. The Hall–Kier alpha value is -1.70. The van der Waals surface area contributed by atoms with Crippen LogP contribution >= 0.6 is 40.7 Å². The molecule has 44 heavy (non-hydrogen) atoms. The summed E-state index contributed by atoms with van der Waals surface area (Å²) in [5.74, 6) is 1.61. The highest BCUT2D eigenvalue weighted by atomic mass is 79.9. The molecule has 0 aromatic heterocycles.